The second-order valence-electron chi connectivity index (χ2n) is 6.40. The Morgan fingerprint density at radius 2 is 2.10 bits per heavy atom. The molecule has 0 aromatic heterocycles. The first-order valence-corrected chi connectivity index (χ1v) is 7.91. The van der Waals surface area contributed by atoms with Crippen LogP contribution in [0.25, 0.3) is 0 Å². The molecule has 0 amide bonds. The summed E-state index contributed by atoms with van der Waals surface area (Å²) in [5.74, 6) is 0.00229. The van der Waals surface area contributed by atoms with E-state index in [-0.39, 0.29) is 11.5 Å². The Bertz CT molecular complexity index is 544. The summed E-state index contributed by atoms with van der Waals surface area (Å²) < 4.78 is 0. The Morgan fingerprint density at radius 1 is 1.29 bits per heavy atom. The van der Waals surface area contributed by atoms with E-state index in [1.54, 1.807) is 12.1 Å². The molecule has 3 rings (SSSR count). The van der Waals surface area contributed by atoms with Crippen LogP contribution in [0, 0.1) is 0 Å². The van der Waals surface area contributed by atoms with Gasteiger partial charge in [-0.15, -0.1) is 0 Å². The predicted octanol–water partition coefficient (Wildman–Crippen LogP) is 2.66. The molecule has 114 valence electrons. The zero-order valence-electron chi connectivity index (χ0n) is 12.9. The minimum Gasteiger partial charge on any atom is -0.507 e. The van der Waals surface area contributed by atoms with Crippen molar-refractivity contribution in [3.05, 3.63) is 23.8 Å². The van der Waals surface area contributed by atoms with Crippen molar-refractivity contribution in [3.8, 4) is 5.75 Å². The number of ketones is 1. The van der Waals surface area contributed by atoms with Crippen molar-refractivity contribution in [2.45, 2.75) is 45.2 Å². The number of nitrogens with zero attached hydrogens (tertiary/aromatic N) is 2. The summed E-state index contributed by atoms with van der Waals surface area (Å²) >= 11 is 0. The molecule has 2 aliphatic rings. The van der Waals surface area contributed by atoms with Gasteiger partial charge < -0.3 is 10.0 Å². The standard InChI is InChI=1S/C17H24N2O2/c1-12-10-18-8-4-3-5-15(18)11-19(12)14-6-7-16(13(2)20)17(21)9-14/h6-7,9,12,15,21H,3-5,8,10-11H2,1-2H3. The average Bonchev–Trinajstić information content (AvgIpc) is 2.46. The van der Waals surface area contributed by atoms with Crippen LogP contribution in [-0.2, 0) is 0 Å². The predicted molar refractivity (Wildman–Crippen MR) is 84.1 cm³/mol. The number of anilines is 1. The molecular formula is C17H24N2O2. The monoisotopic (exact) mass is 288 g/mol. The normalized spacial score (nSPS) is 26.5. The number of piperazine rings is 1. The van der Waals surface area contributed by atoms with Crippen molar-refractivity contribution in [2.24, 2.45) is 0 Å². The van der Waals surface area contributed by atoms with Crippen LogP contribution in [0.3, 0.4) is 0 Å². The fourth-order valence-electron chi connectivity index (χ4n) is 3.71. The van der Waals surface area contributed by atoms with Gasteiger partial charge in [0.25, 0.3) is 0 Å². The van der Waals surface area contributed by atoms with E-state index in [0.717, 1.165) is 18.8 Å². The molecule has 2 aliphatic heterocycles. The SMILES string of the molecule is CC(=O)c1ccc(N2CC3CCCCN3CC2C)cc1O. The smallest absolute Gasteiger partial charge is 0.163 e. The quantitative estimate of drug-likeness (QED) is 0.850. The van der Waals surface area contributed by atoms with E-state index in [9.17, 15) is 9.90 Å². The lowest BCUT2D eigenvalue weighted by molar-refractivity contribution is 0.101. The van der Waals surface area contributed by atoms with Crippen molar-refractivity contribution in [2.75, 3.05) is 24.5 Å². The summed E-state index contributed by atoms with van der Waals surface area (Å²) in [5, 5.41) is 10.1. The van der Waals surface area contributed by atoms with E-state index in [4.69, 9.17) is 0 Å². The number of fused-ring (bicyclic) bond motifs is 1. The zero-order valence-corrected chi connectivity index (χ0v) is 12.9. The third-order valence-corrected chi connectivity index (χ3v) is 4.88. The van der Waals surface area contributed by atoms with Crippen LogP contribution in [0.15, 0.2) is 18.2 Å². The number of carbonyl (C=O) groups is 1. The van der Waals surface area contributed by atoms with Gasteiger partial charge in [0.2, 0.25) is 0 Å². The molecule has 1 N–H and O–H groups in total. The summed E-state index contributed by atoms with van der Waals surface area (Å²) in [5.41, 5.74) is 1.43. The molecule has 4 nitrogen and oxygen atoms in total. The first-order chi connectivity index (χ1) is 10.1. The molecule has 2 atom stereocenters. The van der Waals surface area contributed by atoms with Crippen LogP contribution in [0.1, 0.15) is 43.5 Å². The van der Waals surface area contributed by atoms with Crippen LogP contribution >= 0.6 is 0 Å². The van der Waals surface area contributed by atoms with Crippen molar-refractivity contribution in [1.29, 1.82) is 0 Å². The number of benzene rings is 1. The maximum Gasteiger partial charge on any atom is 0.163 e. The van der Waals surface area contributed by atoms with Gasteiger partial charge in [0.1, 0.15) is 5.75 Å². The highest BCUT2D eigenvalue weighted by molar-refractivity contribution is 5.97. The summed E-state index contributed by atoms with van der Waals surface area (Å²) in [6.07, 6.45) is 3.90. The molecule has 4 heteroatoms. The van der Waals surface area contributed by atoms with E-state index in [0.29, 0.717) is 17.6 Å². The summed E-state index contributed by atoms with van der Waals surface area (Å²) in [6, 6.07) is 6.51. The van der Waals surface area contributed by atoms with E-state index in [1.807, 2.05) is 6.07 Å². The summed E-state index contributed by atoms with van der Waals surface area (Å²) in [7, 11) is 0. The van der Waals surface area contributed by atoms with Crippen LogP contribution in [-0.4, -0.2) is 47.5 Å². The number of Topliss-reactive ketones (excluding diaryl/α,β-unsaturated/α-hetero) is 1. The van der Waals surface area contributed by atoms with E-state index < -0.39 is 0 Å². The molecule has 2 heterocycles. The second-order valence-corrected chi connectivity index (χ2v) is 6.40. The lowest BCUT2D eigenvalue weighted by Crippen LogP contribution is -2.58. The molecule has 0 aliphatic carbocycles. The van der Waals surface area contributed by atoms with Crippen LogP contribution in [0.5, 0.6) is 5.75 Å². The number of piperidine rings is 1. The van der Waals surface area contributed by atoms with Gasteiger partial charge in [0, 0.05) is 36.9 Å². The number of hydrogen-bond acceptors (Lipinski definition) is 4. The summed E-state index contributed by atoms with van der Waals surface area (Å²) in [6.45, 7) is 7.04. The number of phenols is 1. The maximum atomic E-state index is 11.4. The highest BCUT2D eigenvalue weighted by atomic mass is 16.3. The number of phenolic OH excluding ortho intramolecular Hbond substituents is 1. The fraction of sp³-hybridized carbons (Fsp3) is 0.588. The zero-order chi connectivity index (χ0) is 15.0. The van der Waals surface area contributed by atoms with Gasteiger partial charge in [-0.2, -0.15) is 0 Å². The molecular weight excluding hydrogens is 264 g/mol. The minimum absolute atomic E-state index is 0.0933. The Labute approximate surface area is 126 Å². The Balaban J connectivity index is 1.82. The van der Waals surface area contributed by atoms with Gasteiger partial charge in [-0.25, -0.2) is 0 Å². The van der Waals surface area contributed by atoms with E-state index in [2.05, 4.69) is 16.7 Å². The molecule has 2 fully saturated rings. The highest BCUT2D eigenvalue weighted by Gasteiger charge is 2.33. The van der Waals surface area contributed by atoms with E-state index in [1.165, 1.54) is 32.7 Å². The molecule has 2 unspecified atom stereocenters. The maximum absolute atomic E-state index is 11.4. The Kier molecular flexibility index (Phi) is 3.89. The Morgan fingerprint density at radius 3 is 2.81 bits per heavy atom. The molecule has 0 radical (unpaired) electrons. The molecule has 2 saturated heterocycles. The fourth-order valence-corrected chi connectivity index (χ4v) is 3.71. The van der Waals surface area contributed by atoms with Gasteiger partial charge >= 0.3 is 0 Å². The molecule has 1 aromatic carbocycles. The molecule has 21 heavy (non-hydrogen) atoms. The van der Waals surface area contributed by atoms with Crippen LogP contribution in [0.4, 0.5) is 5.69 Å². The molecule has 0 saturated carbocycles. The van der Waals surface area contributed by atoms with E-state index >= 15 is 0 Å². The second kappa shape index (κ2) is 5.68. The van der Waals surface area contributed by atoms with Crippen molar-refractivity contribution < 1.29 is 9.90 Å². The van der Waals surface area contributed by atoms with Crippen molar-refractivity contribution in [3.63, 3.8) is 0 Å². The number of aromatic hydroxyl groups is 1. The van der Waals surface area contributed by atoms with Crippen LogP contribution < -0.4 is 4.90 Å². The first kappa shape index (κ1) is 14.4. The lowest BCUT2D eigenvalue weighted by Gasteiger charge is -2.48. The minimum atomic E-state index is -0.0933. The summed E-state index contributed by atoms with van der Waals surface area (Å²) in [4.78, 5) is 16.4. The number of carbonyl (C=O) groups excluding carboxylic acids is 1. The topological polar surface area (TPSA) is 43.8 Å². The van der Waals surface area contributed by atoms with Crippen LogP contribution in [0.2, 0.25) is 0 Å². The average molecular weight is 288 g/mol. The largest absolute Gasteiger partial charge is 0.507 e. The first-order valence-electron chi connectivity index (χ1n) is 7.91. The highest BCUT2D eigenvalue weighted by Crippen LogP contribution is 2.31. The van der Waals surface area contributed by atoms with Crippen molar-refractivity contribution >= 4 is 11.5 Å². The number of hydrogen-bond donors (Lipinski definition) is 1. The van der Waals surface area contributed by atoms with Crippen molar-refractivity contribution in [1.82, 2.24) is 4.90 Å². The molecule has 0 bridgehead atoms. The van der Waals surface area contributed by atoms with Gasteiger partial charge in [-0.1, -0.05) is 6.42 Å². The lowest BCUT2D eigenvalue weighted by atomic mass is 9.96. The van der Waals surface area contributed by atoms with Gasteiger partial charge in [0.15, 0.2) is 5.78 Å². The van der Waals surface area contributed by atoms with Gasteiger partial charge in [-0.05, 0) is 45.4 Å². The third-order valence-electron chi connectivity index (χ3n) is 4.88. The van der Waals surface area contributed by atoms with Gasteiger partial charge in [0.05, 0.1) is 5.56 Å². The molecule has 0 spiro atoms. The molecule has 1 aromatic rings. The number of rotatable bonds is 2. The third kappa shape index (κ3) is 2.77. The van der Waals surface area contributed by atoms with Gasteiger partial charge in [-0.3, -0.25) is 9.69 Å². The Hall–Kier alpha value is -1.55.